The molecule has 0 atom stereocenters. The van der Waals surface area contributed by atoms with Crippen molar-refractivity contribution in [1.29, 1.82) is 0 Å². The second kappa shape index (κ2) is 8.56. The van der Waals surface area contributed by atoms with Crippen LogP contribution in [-0.4, -0.2) is 24.2 Å². The van der Waals surface area contributed by atoms with Crippen molar-refractivity contribution in [2.45, 2.75) is 5.92 Å². The number of nitrogens with one attached hydrogen (secondary N) is 2. The fraction of sp³-hybridized carbons (Fsp3) is 0.100. The minimum atomic E-state index is -0.404. The lowest BCUT2D eigenvalue weighted by atomic mass is 9.98. The third-order valence-corrected chi connectivity index (χ3v) is 6.55. The van der Waals surface area contributed by atoms with Crippen LogP contribution in [0.4, 0.5) is 4.79 Å². The summed E-state index contributed by atoms with van der Waals surface area (Å²) in [7, 11) is 0. The minimum absolute atomic E-state index is 0.0663. The molecule has 2 N–H and O–H groups in total. The molecule has 0 saturated heterocycles. The SMILES string of the molecule is O=C(NCC=Cc1ccc2[nH]c3ccccc3c2c1)OCC1c2ccccc2-c2ccccc21. The maximum Gasteiger partial charge on any atom is 0.407 e. The third-order valence-electron chi connectivity index (χ3n) is 6.55. The highest BCUT2D eigenvalue weighted by Gasteiger charge is 2.28. The van der Waals surface area contributed by atoms with Gasteiger partial charge in [-0.25, -0.2) is 4.79 Å². The molecule has 0 radical (unpaired) electrons. The number of H-pyrrole nitrogens is 1. The number of alkyl carbamates (subject to hydrolysis) is 1. The highest BCUT2D eigenvalue weighted by atomic mass is 16.5. The predicted molar refractivity (Wildman–Crippen MR) is 138 cm³/mol. The van der Waals surface area contributed by atoms with E-state index in [2.05, 4.69) is 71.0 Å². The molecule has 1 aliphatic carbocycles. The number of fused-ring (bicyclic) bond motifs is 6. The molecule has 0 aliphatic heterocycles. The summed E-state index contributed by atoms with van der Waals surface area (Å²) in [6.07, 6.45) is 3.56. The van der Waals surface area contributed by atoms with Crippen LogP contribution in [0.2, 0.25) is 0 Å². The molecule has 6 rings (SSSR count). The Hall–Kier alpha value is -4.31. The quantitative estimate of drug-likeness (QED) is 0.311. The van der Waals surface area contributed by atoms with Crippen molar-refractivity contribution in [2.75, 3.05) is 13.2 Å². The molecule has 4 aromatic carbocycles. The number of amides is 1. The van der Waals surface area contributed by atoms with Gasteiger partial charge >= 0.3 is 6.09 Å². The number of hydrogen-bond acceptors (Lipinski definition) is 2. The van der Waals surface area contributed by atoms with Crippen LogP contribution in [0.1, 0.15) is 22.6 Å². The Labute approximate surface area is 197 Å². The third kappa shape index (κ3) is 3.63. The Kier molecular flexibility index (Phi) is 5.11. The molecular formula is C30H24N2O2. The van der Waals surface area contributed by atoms with Crippen LogP contribution in [0.15, 0.2) is 97.1 Å². The van der Waals surface area contributed by atoms with Gasteiger partial charge in [0.15, 0.2) is 0 Å². The summed E-state index contributed by atoms with van der Waals surface area (Å²) in [5.74, 6) is 0.0663. The van der Waals surface area contributed by atoms with Crippen molar-refractivity contribution in [2.24, 2.45) is 0 Å². The van der Waals surface area contributed by atoms with Crippen molar-refractivity contribution in [3.8, 4) is 11.1 Å². The Balaban J connectivity index is 1.08. The molecule has 0 spiro atoms. The van der Waals surface area contributed by atoms with Crippen LogP contribution in [0.3, 0.4) is 0 Å². The monoisotopic (exact) mass is 444 g/mol. The van der Waals surface area contributed by atoms with Gasteiger partial charge in [0.25, 0.3) is 0 Å². The molecule has 0 bridgehead atoms. The zero-order valence-electron chi connectivity index (χ0n) is 18.6. The fourth-order valence-corrected chi connectivity index (χ4v) is 4.96. The number of aromatic amines is 1. The molecule has 166 valence electrons. The number of hydrogen-bond donors (Lipinski definition) is 2. The molecular weight excluding hydrogens is 420 g/mol. The van der Waals surface area contributed by atoms with Crippen molar-refractivity contribution < 1.29 is 9.53 Å². The van der Waals surface area contributed by atoms with Gasteiger partial charge in [0, 0.05) is 34.3 Å². The zero-order valence-corrected chi connectivity index (χ0v) is 18.6. The molecule has 0 unspecified atom stereocenters. The molecule has 34 heavy (non-hydrogen) atoms. The van der Waals surface area contributed by atoms with Gasteiger partial charge in [0.05, 0.1) is 0 Å². The summed E-state index contributed by atoms with van der Waals surface area (Å²) in [5, 5.41) is 5.24. The van der Waals surface area contributed by atoms with E-state index in [-0.39, 0.29) is 5.92 Å². The zero-order chi connectivity index (χ0) is 22.9. The molecule has 1 heterocycles. The summed E-state index contributed by atoms with van der Waals surface area (Å²) >= 11 is 0. The first kappa shape index (κ1) is 20.3. The van der Waals surface area contributed by atoms with Crippen molar-refractivity contribution in [3.05, 3.63) is 114 Å². The second-order valence-corrected chi connectivity index (χ2v) is 8.58. The van der Waals surface area contributed by atoms with Gasteiger partial charge in [0.1, 0.15) is 6.61 Å². The molecule has 0 saturated carbocycles. The topological polar surface area (TPSA) is 54.1 Å². The Bertz CT molecular complexity index is 1500. The summed E-state index contributed by atoms with van der Waals surface area (Å²) < 4.78 is 5.60. The smallest absolute Gasteiger partial charge is 0.407 e. The first-order valence-electron chi connectivity index (χ1n) is 11.5. The van der Waals surface area contributed by atoms with Crippen molar-refractivity contribution >= 4 is 34.0 Å². The van der Waals surface area contributed by atoms with Gasteiger partial charge in [-0.15, -0.1) is 0 Å². The average Bonchev–Trinajstić information content (AvgIpc) is 3.41. The van der Waals surface area contributed by atoms with E-state index >= 15 is 0 Å². The van der Waals surface area contributed by atoms with Gasteiger partial charge in [0.2, 0.25) is 0 Å². The summed E-state index contributed by atoms with van der Waals surface area (Å²) in [5.41, 5.74) is 8.22. The van der Waals surface area contributed by atoms with Gasteiger partial charge in [-0.1, -0.05) is 84.9 Å². The molecule has 4 nitrogen and oxygen atoms in total. The summed E-state index contributed by atoms with van der Waals surface area (Å²) in [4.78, 5) is 15.8. The van der Waals surface area contributed by atoms with Gasteiger partial charge < -0.3 is 15.0 Å². The standard InChI is InChI=1S/C30H24N2O2/c33-30(34-19-27-23-11-3-1-9-21(23)22-10-2-4-12-24(22)27)31-17-7-8-20-15-16-29-26(18-20)25-13-5-6-14-28(25)32-29/h1-16,18,27,32H,17,19H2,(H,31,33). The lowest BCUT2D eigenvalue weighted by Crippen LogP contribution is -2.26. The first-order valence-corrected chi connectivity index (χ1v) is 11.5. The van der Waals surface area contributed by atoms with E-state index in [0.29, 0.717) is 13.2 Å². The molecule has 1 amide bonds. The molecule has 5 aromatic rings. The summed E-state index contributed by atoms with van der Waals surface area (Å²) in [6, 6.07) is 31.3. The number of benzene rings is 4. The van der Waals surface area contributed by atoms with Gasteiger partial charge in [-0.2, -0.15) is 0 Å². The van der Waals surface area contributed by atoms with E-state index in [0.717, 1.165) is 16.6 Å². The number of aromatic nitrogens is 1. The number of carbonyl (C=O) groups is 1. The average molecular weight is 445 g/mol. The molecule has 1 aliphatic rings. The maximum atomic E-state index is 12.4. The van der Waals surface area contributed by atoms with Crippen LogP contribution in [0, 0.1) is 0 Å². The number of para-hydroxylation sites is 1. The highest BCUT2D eigenvalue weighted by Crippen LogP contribution is 2.44. The highest BCUT2D eigenvalue weighted by molar-refractivity contribution is 6.07. The largest absolute Gasteiger partial charge is 0.449 e. The van der Waals surface area contributed by atoms with E-state index in [1.807, 2.05) is 42.5 Å². The lowest BCUT2D eigenvalue weighted by Gasteiger charge is -2.14. The molecule has 4 heteroatoms. The Morgan fingerprint density at radius 2 is 1.50 bits per heavy atom. The van der Waals surface area contributed by atoms with Crippen LogP contribution >= 0.6 is 0 Å². The maximum absolute atomic E-state index is 12.4. The van der Waals surface area contributed by atoms with Gasteiger partial charge in [-0.05, 0) is 46.0 Å². The van der Waals surface area contributed by atoms with Crippen LogP contribution in [0.5, 0.6) is 0 Å². The Morgan fingerprint density at radius 3 is 2.29 bits per heavy atom. The van der Waals surface area contributed by atoms with Crippen LogP contribution in [0.25, 0.3) is 39.0 Å². The van der Waals surface area contributed by atoms with Crippen molar-refractivity contribution in [1.82, 2.24) is 10.3 Å². The van der Waals surface area contributed by atoms with Crippen molar-refractivity contribution in [3.63, 3.8) is 0 Å². The molecule has 1 aromatic heterocycles. The fourth-order valence-electron chi connectivity index (χ4n) is 4.96. The lowest BCUT2D eigenvalue weighted by molar-refractivity contribution is 0.144. The number of ether oxygens (including phenoxy) is 1. The normalized spacial score (nSPS) is 12.8. The second-order valence-electron chi connectivity index (χ2n) is 8.58. The van der Waals surface area contributed by atoms with Crippen LogP contribution < -0.4 is 5.32 Å². The Morgan fingerprint density at radius 1 is 0.824 bits per heavy atom. The van der Waals surface area contributed by atoms with E-state index in [9.17, 15) is 4.79 Å². The van der Waals surface area contributed by atoms with E-state index in [1.165, 1.54) is 33.0 Å². The predicted octanol–water partition coefficient (Wildman–Crippen LogP) is 6.87. The minimum Gasteiger partial charge on any atom is -0.449 e. The van der Waals surface area contributed by atoms with E-state index in [1.54, 1.807) is 0 Å². The number of rotatable bonds is 5. The van der Waals surface area contributed by atoms with E-state index < -0.39 is 6.09 Å². The summed E-state index contributed by atoms with van der Waals surface area (Å²) in [6.45, 7) is 0.726. The first-order chi connectivity index (χ1) is 16.8. The van der Waals surface area contributed by atoms with Crippen LogP contribution in [-0.2, 0) is 4.74 Å². The molecule has 0 fully saturated rings. The van der Waals surface area contributed by atoms with Gasteiger partial charge in [-0.3, -0.25) is 0 Å². The number of carbonyl (C=O) groups excluding carboxylic acids is 1. The van der Waals surface area contributed by atoms with E-state index in [4.69, 9.17) is 4.74 Å².